The van der Waals surface area contributed by atoms with Gasteiger partial charge >= 0.3 is 17.8 Å². The smallest absolute Gasteiger partial charge is 0.327 e. The lowest BCUT2D eigenvalue weighted by molar-refractivity contribution is -0.139. The van der Waals surface area contributed by atoms with Gasteiger partial charge < -0.3 is 16.0 Å². The highest BCUT2D eigenvalue weighted by Crippen LogP contribution is 2.18. The molecule has 1 fully saturated rings. The third-order valence-electron chi connectivity index (χ3n) is 3.50. The molecule has 9 heteroatoms. The second kappa shape index (κ2) is 8.84. The standard InChI is InChI=1S/C17H23N5O4/c1-10(2)19-17(26)18-9-11-3-5-12(6-4-11)14(23)21-22-16(25)15(24)20-13-7-8-13/h3-6,10,13H,7-9H2,1-2H3,(H,20,24)(H,21,23)(H,22,25)(H2,18,19,26). The summed E-state index contributed by atoms with van der Waals surface area (Å²) in [5.41, 5.74) is 5.38. The summed E-state index contributed by atoms with van der Waals surface area (Å²) in [7, 11) is 0. The molecule has 1 aromatic carbocycles. The van der Waals surface area contributed by atoms with Crippen LogP contribution in [-0.4, -0.2) is 35.8 Å². The molecule has 5 amide bonds. The lowest BCUT2D eigenvalue weighted by Crippen LogP contribution is -2.48. The average Bonchev–Trinajstić information content (AvgIpc) is 3.41. The highest BCUT2D eigenvalue weighted by molar-refractivity contribution is 6.35. The number of carbonyl (C=O) groups is 4. The zero-order valence-electron chi connectivity index (χ0n) is 14.7. The fourth-order valence-corrected chi connectivity index (χ4v) is 1.99. The Labute approximate surface area is 151 Å². The molecule has 0 spiro atoms. The van der Waals surface area contributed by atoms with Gasteiger partial charge in [-0.05, 0) is 44.4 Å². The summed E-state index contributed by atoms with van der Waals surface area (Å²) in [5.74, 6) is -2.23. The van der Waals surface area contributed by atoms with Gasteiger partial charge in [-0.15, -0.1) is 0 Å². The molecule has 0 saturated heterocycles. The first-order valence-electron chi connectivity index (χ1n) is 8.39. The molecular formula is C17H23N5O4. The van der Waals surface area contributed by atoms with Crippen LogP contribution in [0.15, 0.2) is 24.3 Å². The van der Waals surface area contributed by atoms with Gasteiger partial charge in [-0.25, -0.2) is 4.79 Å². The predicted molar refractivity (Wildman–Crippen MR) is 93.7 cm³/mol. The molecule has 1 aromatic rings. The van der Waals surface area contributed by atoms with E-state index in [2.05, 4.69) is 26.8 Å². The summed E-state index contributed by atoms with van der Waals surface area (Å²) in [6, 6.07) is 6.33. The number of rotatable bonds is 5. The van der Waals surface area contributed by atoms with Crippen LogP contribution in [0.5, 0.6) is 0 Å². The summed E-state index contributed by atoms with van der Waals surface area (Å²) >= 11 is 0. The largest absolute Gasteiger partial charge is 0.345 e. The van der Waals surface area contributed by atoms with Crippen LogP contribution in [0.25, 0.3) is 0 Å². The average molecular weight is 361 g/mol. The Kier molecular flexibility index (Phi) is 6.54. The van der Waals surface area contributed by atoms with E-state index in [-0.39, 0.29) is 18.1 Å². The topological polar surface area (TPSA) is 128 Å². The van der Waals surface area contributed by atoms with Crippen molar-refractivity contribution >= 4 is 23.8 Å². The van der Waals surface area contributed by atoms with E-state index in [1.165, 1.54) is 0 Å². The quantitative estimate of drug-likeness (QED) is 0.371. The molecule has 2 rings (SSSR count). The van der Waals surface area contributed by atoms with Crippen molar-refractivity contribution in [1.29, 1.82) is 0 Å². The minimum atomic E-state index is -0.915. The first kappa shape index (κ1) is 19.2. The van der Waals surface area contributed by atoms with Crippen LogP contribution in [-0.2, 0) is 16.1 Å². The molecular weight excluding hydrogens is 338 g/mol. The second-order valence-corrected chi connectivity index (χ2v) is 6.33. The van der Waals surface area contributed by atoms with E-state index in [1.54, 1.807) is 24.3 Å². The van der Waals surface area contributed by atoms with Crippen molar-refractivity contribution in [3.63, 3.8) is 0 Å². The van der Waals surface area contributed by atoms with Crippen molar-refractivity contribution < 1.29 is 19.2 Å². The van der Waals surface area contributed by atoms with Gasteiger partial charge in [0.1, 0.15) is 0 Å². The Hall–Kier alpha value is -3.10. The third-order valence-corrected chi connectivity index (χ3v) is 3.50. The second-order valence-electron chi connectivity index (χ2n) is 6.33. The maximum Gasteiger partial charge on any atom is 0.327 e. The van der Waals surface area contributed by atoms with Crippen LogP contribution < -0.4 is 26.8 Å². The summed E-state index contributed by atoms with van der Waals surface area (Å²) in [5, 5.41) is 7.93. The first-order valence-corrected chi connectivity index (χ1v) is 8.39. The van der Waals surface area contributed by atoms with Crippen molar-refractivity contribution in [3.8, 4) is 0 Å². The van der Waals surface area contributed by atoms with E-state index in [1.807, 2.05) is 13.8 Å². The SMILES string of the molecule is CC(C)NC(=O)NCc1ccc(C(=O)NNC(=O)C(=O)NC2CC2)cc1. The van der Waals surface area contributed by atoms with Crippen LogP contribution in [0, 0.1) is 0 Å². The molecule has 5 N–H and O–H groups in total. The van der Waals surface area contributed by atoms with Crippen molar-refractivity contribution in [2.45, 2.75) is 45.3 Å². The zero-order chi connectivity index (χ0) is 19.1. The number of hydrogen-bond donors (Lipinski definition) is 5. The molecule has 140 valence electrons. The van der Waals surface area contributed by atoms with Crippen LogP contribution in [0.2, 0.25) is 0 Å². The number of carbonyl (C=O) groups excluding carboxylic acids is 4. The van der Waals surface area contributed by atoms with Crippen molar-refractivity contribution in [3.05, 3.63) is 35.4 Å². The van der Waals surface area contributed by atoms with Gasteiger partial charge in [0.25, 0.3) is 5.91 Å². The Bertz CT molecular complexity index is 683. The van der Waals surface area contributed by atoms with Crippen molar-refractivity contribution in [2.75, 3.05) is 0 Å². The van der Waals surface area contributed by atoms with Crippen LogP contribution in [0.4, 0.5) is 4.79 Å². The molecule has 1 saturated carbocycles. The van der Waals surface area contributed by atoms with Gasteiger partial charge in [-0.3, -0.25) is 25.2 Å². The fraction of sp³-hybridized carbons (Fsp3) is 0.412. The van der Waals surface area contributed by atoms with Crippen molar-refractivity contribution in [1.82, 2.24) is 26.8 Å². The van der Waals surface area contributed by atoms with Gasteiger partial charge in [0.05, 0.1) is 0 Å². The summed E-state index contributed by atoms with van der Waals surface area (Å²) in [6.07, 6.45) is 1.73. The van der Waals surface area contributed by atoms with Crippen LogP contribution in [0.1, 0.15) is 42.6 Å². The molecule has 0 aliphatic heterocycles. The number of urea groups is 1. The number of benzene rings is 1. The first-order chi connectivity index (χ1) is 12.3. The molecule has 9 nitrogen and oxygen atoms in total. The molecule has 0 bridgehead atoms. The third kappa shape index (κ3) is 6.42. The highest BCUT2D eigenvalue weighted by Gasteiger charge is 2.26. The molecule has 1 aliphatic rings. The number of hydrazine groups is 1. The van der Waals surface area contributed by atoms with E-state index in [0.717, 1.165) is 18.4 Å². The summed E-state index contributed by atoms with van der Waals surface area (Å²) < 4.78 is 0. The minimum absolute atomic E-state index is 0.0441. The molecule has 1 aliphatic carbocycles. The normalized spacial score (nSPS) is 12.9. The van der Waals surface area contributed by atoms with Crippen LogP contribution in [0.3, 0.4) is 0 Å². The minimum Gasteiger partial charge on any atom is -0.345 e. The highest BCUT2D eigenvalue weighted by atomic mass is 16.2. The number of nitrogens with one attached hydrogen (secondary N) is 5. The zero-order valence-corrected chi connectivity index (χ0v) is 14.7. The molecule has 0 radical (unpaired) electrons. The van der Waals surface area contributed by atoms with E-state index in [0.29, 0.717) is 12.1 Å². The predicted octanol–water partition coefficient (Wildman–Crippen LogP) is -0.0662. The maximum absolute atomic E-state index is 12.0. The Morgan fingerprint density at radius 1 is 1.00 bits per heavy atom. The maximum atomic E-state index is 12.0. The molecule has 26 heavy (non-hydrogen) atoms. The van der Waals surface area contributed by atoms with Gasteiger partial charge in [0.2, 0.25) is 0 Å². The van der Waals surface area contributed by atoms with E-state index in [4.69, 9.17) is 0 Å². The lowest BCUT2D eigenvalue weighted by Gasteiger charge is -2.10. The monoisotopic (exact) mass is 361 g/mol. The van der Waals surface area contributed by atoms with Gasteiger partial charge in [-0.2, -0.15) is 0 Å². The van der Waals surface area contributed by atoms with Crippen molar-refractivity contribution in [2.24, 2.45) is 0 Å². The molecule has 0 aromatic heterocycles. The van der Waals surface area contributed by atoms with E-state index >= 15 is 0 Å². The molecule has 0 unspecified atom stereocenters. The lowest BCUT2D eigenvalue weighted by atomic mass is 10.1. The Balaban J connectivity index is 1.75. The van der Waals surface area contributed by atoms with Gasteiger partial charge in [-0.1, -0.05) is 12.1 Å². The number of hydrogen-bond acceptors (Lipinski definition) is 4. The van der Waals surface area contributed by atoms with E-state index < -0.39 is 17.7 Å². The molecule has 0 atom stereocenters. The number of amides is 5. The Morgan fingerprint density at radius 2 is 1.65 bits per heavy atom. The molecule has 0 heterocycles. The van der Waals surface area contributed by atoms with Gasteiger partial charge in [0.15, 0.2) is 0 Å². The fourth-order valence-electron chi connectivity index (χ4n) is 1.99. The van der Waals surface area contributed by atoms with Crippen LogP contribution >= 0.6 is 0 Å². The summed E-state index contributed by atoms with van der Waals surface area (Å²) in [6.45, 7) is 4.04. The summed E-state index contributed by atoms with van der Waals surface area (Å²) in [4.78, 5) is 46.5. The van der Waals surface area contributed by atoms with E-state index in [9.17, 15) is 19.2 Å². The Morgan fingerprint density at radius 3 is 2.23 bits per heavy atom. The van der Waals surface area contributed by atoms with Gasteiger partial charge in [0, 0.05) is 24.2 Å².